The van der Waals surface area contributed by atoms with Gasteiger partial charge in [-0.25, -0.2) is 8.42 Å². The first kappa shape index (κ1) is 27.1. The number of hydrogen-bond acceptors (Lipinski definition) is 8. The molecule has 0 aliphatic carbocycles. The fourth-order valence-electron chi connectivity index (χ4n) is 3.64. The van der Waals surface area contributed by atoms with Crippen LogP contribution in [-0.4, -0.2) is 44.6 Å². The highest BCUT2D eigenvalue weighted by atomic mass is 32.2. The normalized spacial score (nSPS) is 11.8. The maximum Gasteiger partial charge on any atom is 0.294 e. The molecule has 0 aromatic heterocycles. The molecule has 0 bridgehead atoms. The third-order valence-electron chi connectivity index (χ3n) is 5.68. The Hall–Kier alpha value is -3.54. The van der Waals surface area contributed by atoms with Gasteiger partial charge in [0.1, 0.15) is 0 Å². The monoisotopic (exact) mass is 530 g/mol. The Morgan fingerprint density at radius 3 is 2.06 bits per heavy atom. The van der Waals surface area contributed by atoms with Gasteiger partial charge in [0.15, 0.2) is 5.78 Å². The van der Waals surface area contributed by atoms with Gasteiger partial charge in [0.2, 0.25) is 9.84 Å². The number of carbonyl (C=O) groups is 2. The molecule has 4 N–H and O–H groups in total. The standard InChI is InChI=1S/C25H26N2O7S2/c1-15-4-9-20(36(32,33)34)13-23(15)27-10-11-35(30,31)25(29)22-14-21(16(2)12-17(22)3)24(28)18-5-7-19(26)8-6-18/h4-9,12-14,27H,10-11,26H2,1-3H3,(H,32,33,34). The molecule has 0 radical (unpaired) electrons. The quantitative estimate of drug-likeness (QED) is 0.225. The Bertz CT molecular complexity index is 1560. The van der Waals surface area contributed by atoms with Gasteiger partial charge in [-0.1, -0.05) is 12.1 Å². The van der Waals surface area contributed by atoms with Crippen LogP contribution in [0.1, 0.15) is 43.0 Å². The van der Waals surface area contributed by atoms with Crippen LogP contribution in [0.15, 0.2) is 59.5 Å². The molecule has 0 saturated carbocycles. The predicted octanol–water partition coefficient (Wildman–Crippen LogP) is 3.34. The van der Waals surface area contributed by atoms with Crippen molar-refractivity contribution in [2.24, 2.45) is 0 Å². The van der Waals surface area contributed by atoms with E-state index in [1.54, 1.807) is 51.1 Å². The van der Waals surface area contributed by atoms with E-state index >= 15 is 0 Å². The summed E-state index contributed by atoms with van der Waals surface area (Å²) in [5.74, 6) is -0.939. The summed E-state index contributed by atoms with van der Waals surface area (Å²) in [5.41, 5.74) is 8.56. The molecule has 11 heteroatoms. The number of sulfone groups is 1. The Balaban J connectivity index is 1.82. The zero-order chi connectivity index (χ0) is 26.8. The molecule has 0 heterocycles. The van der Waals surface area contributed by atoms with Crippen molar-refractivity contribution in [3.05, 3.63) is 88.0 Å². The van der Waals surface area contributed by atoms with Crippen molar-refractivity contribution in [3.63, 3.8) is 0 Å². The maximum absolute atomic E-state index is 13.0. The van der Waals surface area contributed by atoms with Crippen molar-refractivity contribution >= 4 is 42.2 Å². The first-order valence-electron chi connectivity index (χ1n) is 10.8. The van der Waals surface area contributed by atoms with Crippen molar-refractivity contribution in [1.29, 1.82) is 0 Å². The van der Waals surface area contributed by atoms with Crippen LogP contribution in [0.4, 0.5) is 11.4 Å². The second-order valence-corrected chi connectivity index (χ2v) is 11.8. The number of rotatable bonds is 8. The molecule has 0 spiro atoms. The molecule has 0 unspecified atom stereocenters. The summed E-state index contributed by atoms with van der Waals surface area (Å²) in [6.07, 6.45) is 0. The van der Waals surface area contributed by atoms with Gasteiger partial charge in [-0.3, -0.25) is 14.1 Å². The van der Waals surface area contributed by atoms with Crippen molar-refractivity contribution in [2.75, 3.05) is 23.3 Å². The van der Waals surface area contributed by atoms with Crippen LogP contribution in [-0.2, 0) is 20.0 Å². The summed E-state index contributed by atoms with van der Waals surface area (Å²) in [5, 5.41) is 1.68. The topological polar surface area (TPSA) is 161 Å². The number of hydrogen-bond donors (Lipinski definition) is 3. The van der Waals surface area contributed by atoms with Crippen molar-refractivity contribution in [2.45, 2.75) is 25.7 Å². The number of nitrogen functional groups attached to an aromatic ring is 1. The summed E-state index contributed by atoms with van der Waals surface area (Å²) in [6, 6.07) is 13.0. The van der Waals surface area contributed by atoms with E-state index in [1.165, 1.54) is 24.3 Å². The van der Waals surface area contributed by atoms with Gasteiger partial charge in [0.25, 0.3) is 15.2 Å². The van der Waals surface area contributed by atoms with Gasteiger partial charge in [0.05, 0.1) is 10.6 Å². The van der Waals surface area contributed by atoms with Crippen molar-refractivity contribution in [1.82, 2.24) is 0 Å². The molecule has 3 rings (SSSR count). The lowest BCUT2D eigenvalue weighted by atomic mass is 9.94. The molecule has 9 nitrogen and oxygen atoms in total. The third-order valence-corrected chi connectivity index (χ3v) is 8.06. The Morgan fingerprint density at radius 2 is 1.44 bits per heavy atom. The molecule has 0 saturated heterocycles. The minimum absolute atomic E-state index is 0.0936. The summed E-state index contributed by atoms with van der Waals surface area (Å²) in [6.45, 7) is 4.78. The van der Waals surface area contributed by atoms with Crippen LogP contribution >= 0.6 is 0 Å². The largest absolute Gasteiger partial charge is 0.399 e. The lowest BCUT2D eigenvalue weighted by Crippen LogP contribution is -2.24. The highest BCUT2D eigenvalue weighted by Gasteiger charge is 2.27. The van der Waals surface area contributed by atoms with E-state index in [0.29, 0.717) is 33.6 Å². The molecule has 36 heavy (non-hydrogen) atoms. The van der Waals surface area contributed by atoms with Crippen LogP contribution in [0, 0.1) is 20.8 Å². The molecule has 0 fully saturated rings. The predicted molar refractivity (Wildman–Crippen MR) is 138 cm³/mol. The summed E-state index contributed by atoms with van der Waals surface area (Å²) < 4.78 is 57.6. The number of nitrogens with two attached hydrogens (primary N) is 1. The Kier molecular flexibility index (Phi) is 7.68. The SMILES string of the molecule is Cc1ccc(S(=O)(=O)O)cc1NCCS(=O)(=O)C(=O)c1cc(C(=O)c2ccc(N)cc2)c(C)cc1C. The van der Waals surface area contributed by atoms with Gasteiger partial charge < -0.3 is 11.1 Å². The van der Waals surface area contributed by atoms with E-state index in [4.69, 9.17) is 5.73 Å². The second kappa shape index (κ2) is 10.2. The van der Waals surface area contributed by atoms with Crippen molar-refractivity contribution < 1.29 is 31.0 Å². The summed E-state index contributed by atoms with van der Waals surface area (Å²) in [7, 11) is -8.71. The first-order chi connectivity index (χ1) is 16.7. The number of carbonyl (C=O) groups excluding carboxylic acids is 2. The van der Waals surface area contributed by atoms with E-state index in [2.05, 4.69) is 5.32 Å². The summed E-state index contributed by atoms with van der Waals surface area (Å²) >= 11 is 0. The molecule has 0 amide bonds. The fourth-order valence-corrected chi connectivity index (χ4v) is 5.26. The fraction of sp³-hybridized carbons (Fsp3) is 0.200. The highest BCUT2D eigenvalue weighted by Crippen LogP contribution is 2.23. The Morgan fingerprint density at radius 1 is 0.833 bits per heavy atom. The van der Waals surface area contributed by atoms with Gasteiger partial charge in [-0.2, -0.15) is 8.42 Å². The number of anilines is 2. The minimum atomic E-state index is -4.43. The highest BCUT2D eigenvalue weighted by molar-refractivity contribution is 8.06. The average molecular weight is 531 g/mol. The van der Waals surface area contributed by atoms with Crippen LogP contribution < -0.4 is 11.1 Å². The Labute approximate surface area is 210 Å². The first-order valence-corrected chi connectivity index (χ1v) is 13.9. The van der Waals surface area contributed by atoms with Crippen LogP contribution in [0.5, 0.6) is 0 Å². The lowest BCUT2D eigenvalue weighted by molar-refractivity contribution is 0.103. The van der Waals surface area contributed by atoms with E-state index in [1.807, 2.05) is 0 Å². The third kappa shape index (κ3) is 5.99. The van der Waals surface area contributed by atoms with Crippen LogP contribution in [0.2, 0.25) is 0 Å². The van der Waals surface area contributed by atoms with E-state index in [9.17, 15) is 31.0 Å². The van der Waals surface area contributed by atoms with Gasteiger partial charge in [-0.05, 0) is 79.9 Å². The number of aryl methyl sites for hydroxylation is 3. The molecule has 0 aliphatic rings. The van der Waals surface area contributed by atoms with E-state index in [-0.39, 0.29) is 28.4 Å². The molecule has 190 valence electrons. The minimum Gasteiger partial charge on any atom is -0.399 e. The van der Waals surface area contributed by atoms with Gasteiger partial charge in [-0.15, -0.1) is 0 Å². The lowest BCUT2D eigenvalue weighted by Gasteiger charge is -2.13. The molecule has 0 aliphatic heterocycles. The molecular formula is C25H26N2O7S2. The van der Waals surface area contributed by atoms with Crippen LogP contribution in [0.3, 0.4) is 0 Å². The molecule has 3 aromatic carbocycles. The number of ketones is 1. The summed E-state index contributed by atoms with van der Waals surface area (Å²) in [4.78, 5) is 25.7. The zero-order valence-corrected chi connectivity index (χ0v) is 21.5. The molecular weight excluding hydrogens is 504 g/mol. The smallest absolute Gasteiger partial charge is 0.294 e. The van der Waals surface area contributed by atoms with E-state index in [0.717, 1.165) is 0 Å². The number of benzene rings is 3. The zero-order valence-electron chi connectivity index (χ0n) is 19.9. The van der Waals surface area contributed by atoms with E-state index < -0.39 is 30.8 Å². The molecule has 0 atom stereocenters. The van der Waals surface area contributed by atoms with Crippen molar-refractivity contribution in [3.8, 4) is 0 Å². The number of nitrogens with one attached hydrogen (secondary N) is 1. The average Bonchev–Trinajstić information content (AvgIpc) is 2.79. The van der Waals surface area contributed by atoms with Crippen LogP contribution in [0.25, 0.3) is 0 Å². The van der Waals surface area contributed by atoms with Gasteiger partial charge in [0, 0.05) is 34.6 Å². The molecule has 3 aromatic rings. The maximum atomic E-state index is 13.0. The van der Waals surface area contributed by atoms with Gasteiger partial charge >= 0.3 is 0 Å². The second-order valence-electron chi connectivity index (χ2n) is 8.42.